The molecule has 178 valence electrons. The number of nitrogens with zero attached hydrogens (tertiary/aromatic N) is 3. The van der Waals surface area contributed by atoms with Crippen LogP contribution in [0.25, 0.3) is 0 Å². The summed E-state index contributed by atoms with van der Waals surface area (Å²) in [6.07, 6.45) is 5.89. The number of hydrogen-bond donors (Lipinski definition) is 2. The van der Waals surface area contributed by atoms with E-state index < -0.39 is 11.5 Å². The molecule has 2 aliphatic heterocycles. The lowest BCUT2D eigenvalue weighted by molar-refractivity contribution is -0.139. The molecule has 3 fully saturated rings. The van der Waals surface area contributed by atoms with Crippen LogP contribution in [-0.4, -0.2) is 60.4 Å². The summed E-state index contributed by atoms with van der Waals surface area (Å²) in [4.78, 5) is 29.7. The minimum Gasteiger partial charge on any atom is -0.449 e. The van der Waals surface area contributed by atoms with E-state index in [1.807, 2.05) is 13.0 Å². The molecule has 0 aromatic heterocycles. The highest BCUT2D eigenvalue weighted by atomic mass is 16.5. The first-order valence-electron chi connectivity index (χ1n) is 12.2. The fourth-order valence-electron chi connectivity index (χ4n) is 5.61. The molecule has 8 nitrogen and oxygen atoms in total. The van der Waals surface area contributed by atoms with Crippen molar-refractivity contribution >= 4 is 23.4 Å². The van der Waals surface area contributed by atoms with Crippen molar-refractivity contribution in [1.29, 1.82) is 5.26 Å². The minimum absolute atomic E-state index is 0.228. The maximum atomic E-state index is 13.6. The molecular formula is C25H34N4O4. The number of amides is 2. The van der Waals surface area contributed by atoms with Gasteiger partial charge in [0, 0.05) is 31.4 Å². The minimum atomic E-state index is -0.530. The van der Waals surface area contributed by atoms with Crippen LogP contribution in [0, 0.1) is 16.7 Å². The van der Waals surface area contributed by atoms with Crippen LogP contribution in [0.1, 0.15) is 63.9 Å². The Morgan fingerprint density at radius 1 is 1.27 bits per heavy atom. The summed E-state index contributed by atoms with van der Waals surface area (Å²) >= 11 is 0. The van der Waals surface area contributed by atoms with Crippen molar-refractivity contribution in [1.82, 2.24) is 4.90 Å². The number of benzene rings is 1. The van der Waals surface area contributed by atoms with Crippen LogP contribution in [0.15, 0.2) is 18.2 Å². The largest absolute Gasteiger partial charge is 0.449 e. The number of nitriles is 1. The molecule has 1 aliphatic carbocycles. The molecule has 1 atom stereocenters. The number of aliphatic hydroxyl groups excluding tert-OH is 1. The second kappa shape index (κ2) is 10.0. The molecule has 2 saturated heterocycles. The highest BCUT2D eigenvalue weighted by Gasteiger charge is 2.50. The predicted molar refractivity (Wildman–Crippen MR) is 125 cm³/mol. The van der Waals surface area contributed by atoms with Crippen molar-refractivity contribution in [2.24, 2.45) is 5.41 Å². The molecule has 4 rings (SSSR count). The van der Waals surface area contributed by atoms with Crippen LogP contribution in [-0.2, 0) is 9.53 Å². The topological polar surface area (TPSA) is 106 Å². The number of anilines is 2. The Labute approximate surface area is 195 Å². The Morgan fingerprint density at radius 2 is 2.06 bits per heavy atom. The van der Waals surface area contributed by atoms with Gasteiger partial charge in [0.1, 0.15) is 6.07 Å². The highest BCUT2D eigenvalue weighted by Crippen LogP contribution is 2.44. The van der Waals surface area contributed by atoms with Gasteiger partial charge in [-0.15, -0.1) is 0 Å². The van der Waals surface area contributed by atoms with Crippen molar-refractivity contribution in [3.8, 4) is 6.07 Å². The molecule has 0 radical (unpaired) electrons. The number of rotatable bonds is 5. The summed E-state index contributed by atoms with van der Waals surface area (Å²) in [5.74, 6) is 0.240. The third-order valence-electron chi connectivity index (χ3n) is 7.37. The molecule has 0 bridgehead atoms. The summed E-state index contributed by atoms with van der Waals surface area (Å²) in [6, 6.07) is 7.79. The van der Waals surface area contributed by atoms with Crippen LogP contribution in [0.2, 0.25) is 0 Å². The van der Waals surface area contributed by atoms with E-state index in [-0.39, 0.29) is 18.1 Å². The Bertz CT molecular complexity index is 921. The number of aliphatic hydroxyl groups is 1. The first kappa shape index (κ1) is 23.4. The van der Waals surface area contributed by atoms with Gasteiger partial charge in [-0.2, -0.15) is 5.26 Å². The summed E-state index contributed by atoms with van der Waals surface area (Å²) < 4.78 is 5.06. The summed E-state index contributed by atoms with van der Waals surface area (Å²) in [5, 5.41) is 22.3. The lowest BCUT2D eigenvalue weighted by atomic mass is 9.78. The first-order valence-corrected chi connectivity index (χ1v) is 12.2. The van der Waals surface area contributed by atoms with E-state index >= 15 is 0 Å². The van der Waals surface area contributed by atoms with E-state index in [1.54, 1.807) is 12.1 Å². The maximum absolute atomic E-state index is 13.6. The van der Waals surface area contributed by atoms with Crippen molar-refractivity contribution in [2.75, 3.05) is 36.5 Å². The lowest BCUT2D eigenvalue weighted by Crippen LogP contribution is -2.50. The van der Waals surface area contributed by atoms with Crippen LogP contribution in [0.4, 0.5) is 16.2 Å². The van der Waals surface area contributed by atoms with Gasteiger partial charge in [-0.1, -0.05) is 6.92 Å². The summed E-state index contributed by atoms with van der Waals surface area (Å²) in [5.41, 5.74) is 1.40. The van der Waals surface area contributed by atoms with Gasteiger partial charge >= 0.3 is 6.09 Å². The van der Waals surface area contributed by atoms with Gasteiger partial charge in [0.15, 0.2) is 0 Å². The first-order chi connectivity index (χ1) is 16.0. The van der Waals surface area contributed by atoms with E-state index in [2.05, 4.69) is 21.2 Å². The van der Waals surface area contributed by atoms with Gasteiger partial charge in [-0.25, -0.2) is 4.79 Å². The van der Waals surface area contributed by atoms with Crippen molar-refractivity contribution in [3.05, 3.63) is 23.8 Å². The molecule has 1 saturated carbocycles. The van der Waals surface area contributed by atoms with Gasteiger partial charge in [0.25, 0.3) is 0 Å². The fourth-order valence-corrected chi connectivity index (χ4v) is 5.61. The Kier molecular flexibility index (Phi) is 7.08. The van der Waals surface area contributed by atoms with E-state index in [1.165, 1.54) is 0 Å². The van der Waals surface area contributed by atoms with Crippen LogP contribution >= 0.6 is 0 Å². The van der Waals surface area contributed by atoms with Crippen LogP contribution in [0.5, 0.6) is 0 Å². The SMILES string of the molecule is CCCOC(=O)Nc1ccc(N2CCC[C@@]3(CCN([C@H]4CC[C@H](O)CC4)C3=O)C2)c(C#N)c1. The van der Waals surface area contributed by atoms with Crippen molar-refractivity contribution in [2.45, 2.75) is 70.4 Å². The quantitative estimate of drug-likeness (QED) is 0.704. The molecule has 1 spiro atoms. The van der Waals surface area contributed by atoms with Crippen molar-refractivity contribution in [3.63, 3.8) is 0 Å². The monoisotopic (exact) mass is 454 g/mol. The van der Waals surface area contributed by atoms with Gasteiger partial charge in [0.2, 0.25) is 5.91 Å². The zero-order valence-corrected chi connectivity index (χ0v) is 19.4. The third kappa shape index (κ3) is 4.93. The van der Waals surface area contributed by atoms with Crippen LogP contribution < -0.4 is 10.2 Å². The van der Waals surface area contributed by atoms with E-state index in [4.69, 9.17) is 4.74 Å². The van der Waals surface area contributed by atoms with Gasteiger partial charge < -0.3 is 19.6 Å². The van der Waals surface area contributed by atoms with Gasteiger partial charge in [-0.3, -0.25) is 10.1 Å². The van der Waals surface area contributed by atoms with E-state index in [0.29, 0.717) is 24.4 Å². The summed E-state index contributed by atoms with van der Waals surface area (Å²) in [6.45, 7) is 4.45. The average molecular weight is 455 g/mol. The molecule has 3 aliphatic rings. The number of likely N-dealkylation sites (tertiary alicyclic amines) is 1. The highest BCUT2D eigenvalue weighted by molar-refractivity contribution is 5.87. The summed E-state index contributed by atoms with van der Waals surface area (Å²) in [7, 11) is 0. The predicted octanol–water partition coefficient (Wildman–Crippen LogP) is 3.64. The van der Waals surface area contributed by atoms with Gasteiger partial charge in [0.05, 0.1) is 29.4 Å². The standard InChI is InChI=1S/C25H34N4O4/c1-2-14-33-24(32)27-19-4-9-22(18(15-19)16-26)28-12-3-10-25(17-28)11-13-29(23(25)31)20-5-7-21(30)8-6-20/h4,9,15,20-21,30H,2-3,5-8,10-14,17H2,1H3,(H,27,32)/t20-,21-,25-/m1/s1. The smallest absolute Gasteiger partial charge is 0.411 e. The molecule has 2 N–H and O–H groups in total. The molecule has 1 aromatic carbocycles. The van der Waals surface area contributed by atoms with E-state index in [9.17, 15) is 20.0 Å². The van der Waals surface area contributed by atoms with Crippen molar-refractivity contribution < 1.29 is 19.4 Å². The Balaban J connectivity index is 1.46. The van der Waals surface area contributed by atoms with Gasteiger partial charge in [-0.05, 0) is 69.6 Å². The zero-order chi connectivity index (χ0) is 23.4. The molecular weight excluding hydrogens is 420 g/mol. The Hall–Kier alpha value is -2.79. The maximum Gasteiger partial charge on any atom is 0.411 e. The molecule has 33 heavy (non-hydrogen) atoms. The molecule has 2 heterocycles. The molecule has 0 unspecified atom stereocenters. The zero-order valence-electron chi connectivity index (χ0n) is 19.4. The number of nitrogens with one attached hydrogen (secondary N) is 1. The number of ether oxygens (including phenoxy) is 1. The number of hydrogen-bond acceptors (Lipinski definition) is 6. The number of carbonyl (C=O) groups is 2. The third-order valence-corrected chi connectivity index (χ3v) is 7.37. The molecule has 1 aromatic rings. The second-order valence-electron chi connectivity index (χ2n) is 9.62. The average Bonchev–Trinajstić information content (AvgIpc) is 3.13. The lowest BCUT2D eigenvalue weighted by Gasteiger charge is -2.41. The van der Waals surface area contributed by atoms with E-state index in [0.717, 1.165) is 70.1 Å². The Morgan fingerprint density at radius 3 is 2.79 bits per heavy atom. The number of piperidine rings is 1. The molecule has 2 amide bonds. The molecule has 8 heteroatoms. The fraction of sp³-hybridized carbons (Fsp3) is 0.640. The number of carbonyl (C=O) groups excluding carboxylic acids is 2. The second-order valence-corrected chi connectivity index (χ2v) is 9.62. The normalized spacial score (nSPS) is 27.5. The van der Waals surface area contributed by atoms with Crippen LogP contribution in [0.3, 0.4) is 0 Å².